The van der Waals surface area contributed by atoms with Gasteiger partial charge >= 0.3 is 6.03 Å². The molecule has 0 aliphatic carbocycles. The highest BCUT2D eigenvalue weighted by Crippen LogP contribution is 2.24. The average Bonchev–Trinajstić information content (AvgIpc) is 3.03. The van der Waals surface area contributed by atoms with Crippen molar-refractivity contribution in [3.63, 3.8) is 0 Å². The van der Waals surface area contributed by atoms with Crippen LogP contribution in [0, 0.1) is 6.92 Å². The van der Waals surface area contributed by atoms with E-state index in [4.69, 9.17) is 0 Å². The lowest BCUT2D eigenvalue weighted by Crippen LogP contribution is -2.27. The molecule has 0 spiro atoms. The molecule has 0 aliphatic heterocycles. The van der Waals surface area contributed by atoms with Crippen molar-refractivity contribution in [1.29, 1.82) is 0 Å². The minimum atomic E-state index is -0.149. The van der Waals surface area contributed by atoms with Gasteiger partial charge in [0, 0.05) is 56.0 Å². The number of hydrogen-bond donors (Lipinski definition) is 2. The molecule has 2 heterocycles. The molecule has 3 rings (SSSR count). The molecule has 0 aliphatic rings. The number of amides is 2. The van der Waals surface area contributed by atoms with Gasteiger partial charge in [0.15, 0.2) is 5.65 Å². The van der Waals surface area contributed by atoms with E-state index in [1.54, 1.807) is 24.8 Å². The number of hydrogen-bond acceptors (Lipinski definition) is 4. The fraction of sp³-hybridized carbons (Fsp3) is 0.235. The molecular formula is C17H20N6O. The van der Waals surface area contributed by atoms with Crippen molar-refractivity contribution in [2.45, 2.75) is 13.5 Å². The maximum Gasteiger partial charge on any atom is 0.321 e. The van der Waals surface area contributed by atoms with Gasteiger partial charge in [-0.2, -0.15) is 5.10 Å². The first kappa shape index (κ1) is 15.8. The van der Waals surface area contributed by atoms with Gasteiger partial charge in [-0.05, 0) is 24.6 Å². The van der Waals surface area contributed by atoms with Gasteiger partial charge in [-0.25, -0.2) is 14.3 Å². The van der Waals surface area contributed by atoms with Crippen LogP contribution in [0.3, 0.4) is 0 Å². The van der Waals surface area contributed by atoms with Crippen LogP contribution in [0.25, 0.3) is 5.65 Å². The summed E-state index contributed by atoms with van der Waals surface area (Å²) in [6.45, 7) is 2.59. The lowest BCUT2D eigenvalue weighted by molar-refractivity contribution is 0.230. The predicted octanol–water partition coefficient (Wildman–Crippen LogP) is 2.74. The first-order valence-electron chi connectivity index (χ1n) is 7.64. The van der Waals surface area contributed by atoms with Crippen molar-refractivity contribution in [3.8, 4) is 0 Å². The van der Waals surface area contributed by atoms with Gasteiger partial charge in [0.05, 0.1) is 6.20 Å². The van der Waals surface area contributed by atoms with Crippen molar-refractivity contribution in [2.75, 3.05) is 24.7 Å². The Kier molecular flexibility index (Phi) is 4.33. The Hall–Kier alpha value is -3.09. The van der Waals surface area contributed by atoms with Crippen molar-refractivity contribution in [3.05, 3.63) is 54.0 Å². The second-order valence-electron chi connectivity index (χ2n) is 5.75. The first-order valence-corrected chi connectivity index (χ1v) is 7.64. The smallest absolute Gasteiger partial charge is 0.321 e. The first-order chi connectivity index (χ1) is 11.5. The van der Waals surface area contributed by atoms with Crippen molar-refractivity contribution in [2.24, 2.45) is 0 Å². The van der Waals surface area contributed by atoms with Gasteiger partial charge in [0.2, 0.25) is 0 Å². The van der Waals surface area contributed by atoms with Gasteiger partial charge in [0.1, 0.15) is 0 Å². The van der Waals surface area contributed by atoms with E-state index in [9.17, 15) is 4.79 Å². The Bertz CT molecular complexity index is 870. The second kappa shape index (κ2) is 6.57. The zero-order chi connectivity index (χ0) is 17.1. The number of benzene rings is 1. The number of nitrogens with zero attached hydrogens (tertiary/aromatic N) is 4. The number of rotatable bonds is 4. The SMILES string of the molecule is Cc1c(NCc2cnc3ccnn3c2)cccc1NC(=O)N(C)C. The highest BCUT2D eigenvalue weighted by Gasteiger charge is 2.09. The summed E-state index contributed by atoms with van der Waals surface area (Å²) in [5.41, 5.74) is 4.59. The molecule has 0 saturated heterocycles. The maximum absolute atomic E-state index is 11.8. The van der Waals surface area contributed by atoms with Gasteiger partial charge < -0.3 is 15.5 Å². The van der Waals surface area contributed by atoms with Crippen LogP contribution in [0.2, 0.25) is 0 Å². The Labute approximate surface area is 140 Å². The number of urea groups is 1. The topological polar surface area (TPSA) is 74.6 Å². The highest BCUT2D eigenvalue weighted by atomic mass is 16.2. The number of aromatic nitrogens is 3. The third kappa shape index (κ3) is 3.29. The molecule has 3 aromatic rings. The summed E-state index contributed by atoms with van der Waals surface area (Å²) in [6, 6.07) is 7.50. The van der Waals surface area contributed by atoms with Crippen LogP contribution in [-0.2, 0) is 6.54 Å². The van der Waals surface area contributed by atoms with Gasteiger partial charge in [-0.1, -0.05) is 6.07 Å². The predicted molar refractivity (Wildman–Crippen MR) is 94.2 cm³/mol. The number of carbonyl (C=O) groups excluding carboxylic acids is 1. The number of anilines is 2. The van der Waals surface area contributed by atoms with Crippen LogP contribution in [0.4, 0.5) is 16.2 Å². The minimum Gasteiger partial charge on any atom is -0.381 e. The van der Waals surface area contributed by atoms with E-state index in [0.717, 1.165) is 28.1 Å². The molecular weight excluding hydrogens is 304 g/mol. The summed E-state index contributed by atoms with van der Waals surface area (Å²) in [5.74, 6) is 0. The molecule has 2 aromatic heterocycles. The van der Waals surface area contributed by atoms with Crippen LogP contribution in [0.15, 0.2) is 42.9 Å². The zero-order valence-corrected chi connectivity index (χ0v) is 13.9. The number of carbonyl (C=O) groups is 1. The molecule has 7 nitrogen and oxygen atoms in total. The summed E-state index contributed by atoms with van der Waals surface area (Å²) in [5, 5.41) is 10.5. The third-order valence-corrected chi connectivity index (χ3v) is 3.76. The Morgan fingerprint density at radius 2 is 2.04 bits per heavy atom. The fourth-order valence-corrected chi connectivity index (χ4v) is 2.33. The van der Waals surface area contributed by atoms with Crippen molar-refractivity contribution in [1.82, 2.24) is 19.5 Å². The molecule has 0 saturated carbocycles. The quantitative estimate of drug-likeness (QED) is 0.774. The van der Waals surface area contributed by atoms with E-state index < -0.39 is 0 Å². The molecule has 2 N–H and O–H groups in total. The lowest BCUT2D eigenvalue weighted by atomic mass is 10.1. The van der Waals surface area contributed by atoms with E-state index in [1.807, 2.05) is 43.6 Å². The largest absolute Gasteiger partial charge is 0.381 e. The summed E-state index contributed by atoms with van der Waals surface area (Å²) in [6.07, 6.45) is 5.50. The zero-order valence-electron chi connectivity index (χ0n) is 13.9. The molecule has 1 aromatic carbocycles. The molecule has 124 valence electrons. The molecule has 0 atom stereocenters. The van der Waals surface area contributed by atoms with E-state index >= 15 is 0 Å². The van der Waals surface area contributed by atoms with E-state index in [0.29, 0.717) is 6.54 Å². The summed E-state index contributed by atoms with van der Waals surface area (Å²) in [4.78, 5) is 17.7. The van der Waals surface area contributed by atoms with Gasteiger partial charge in [-0.15, -0.1) is 0 Å². The van der Waals surface area contributed by atoms with Crippen LogP contribution >= 0.6 is 0 Å². The number of nitrogens with one attached hydrogen (secondary N) is 2. The molecule has 0 radical (unpaired) electrons. The van der Waals surface area contributed by atoms with Crippen molar-refractivity contribution < 1.29 is 4.79 Å². The van der Waals surface area contributed by atoms with E-state index in [-0.39, 0.29) is 6.03 Å². The maximum atomic E-state index is 11.8. The standard InChI is InChI=1S/C17H20N6O/c1-12-14(5-4-6-15(12)21-17(24)22(2)3)18-9-13-10-19-16-7-8-20-23(16)11-13/h4-8,10-11,18H,9H2,1-3H3,(H,21,24). The van der Waals surface area contributed by atoms with Crippen molar-refractivity contribution >= 4 is 23.1 Å². The Morgan fingerprint density at radius 1 is 1.25 bits per heavy atom. The van der Waals surface area contributed by atoms with Gasteiger partial charge in [0.25, 0.3) is 0 Å². The average molecular weight is 324 g/mol. The Morgan fingerprint density at radius 3 is 2.83 bits per heavy atom. The number of fused-ring (bicyclic) bond motifs is 1. The fourth-order valence-electron chi connectivity index (χ4n) is 2.33. The third-order valence-electron chi connectivity index (χ3n) is 3.76. The van der Waals surface area contributed by atoms with Crippen LogP contribution in [0.5, 0.6) is 0 Å². The molecule has 0 bridgehead atoms. The molecule has 7 heteroatoms. The van der Waals surface area contributed by atoms with Crippen LogP contribution in [0.1, 0.15) is 11.1 Å². The monoisotopic (exact) mass is 324 g/mol. The van der Waals surface area contributed by atoms with E-state index in [1.165, 1.54) is 4.90 Å². The van der Waals surface area contributed by atoms with Crippen LogP contribution in [-0.4, -0.2) is 39.6 Å². The molecule has 0 fully saturated rings. The van der Waals surface area contributed by atoms with Crippen LogP contribution < -0.4 is 10.6 Å². The Balaban J connectivity index is 1.73. The summed E-state index contributed by atoms with van der Waals surface area (Å²) in [7, 11) is 3.43. The highest BCUT2D eigenvalue weighted by molar-refractivity contribution is 5.90. The minimum absolute atomic E-state index is 0.149. The normalized spacial score (nSPS) is 10.6. The molecule has 2 amide bonds. The summed E-state index contributed by atoms with van der Waals surface area (Å²) < 4.78 is 1.75. The van der Waals surface area contributed by atoms with Gasteiger partial charge in [-0.3, -0.25) is 0 Å². The van der Waals surface area contributed by atoms with E-state index in [2.05, 4.69) is 20.7 Å². The summed E-state index contributed by atoms with van der Waals surface area (Å²) >= 11 is 0. The molecule has 24 heavy (non-hydrogen) atoms. The second-order valence-corrected chi connectivity index (χ2v) is 5.75. The molecule has 0 unspecified atom stereocenters. The lowest BCUT2D eigenvalue weighted by Gasteiger charge is -2.16.